The van der Waals surface area contributed by atoms with Gasteiger partial charge in [-0.05, 0) is 29.6 Å². The van der Waals surface area contributed by atoms with Gasteiger partial charge in [-0.3, -0.25) is 19.0 Å². The average Bonchev–Trinajstić information content (AvgIpc) is 3.10. The molecule has 0 fully saturated rings. The maximum absolute atomic E-state index is 13.1. The number of fused-ring (bicyclic) bond motifs is 1. The van der Waals surface area contributed by atoms with Crippen molar-refractivity contribution in [2.45, 2.75) is 13.0 Å². The standard InChI is InChI=1S/C18H17FN4O3S/c1-22(10-15(24)21-13-4-2-3-12(19)9-13)16(25)5-7-23-11-20-17-14(18(23)26)6-8-27-17/h2-4,6,8-9,11H,5,7,10H2,1H3,(H,21,24). The Morgan fingerprint density at radius 1 is 1.33 bits per heavy atom. The van der Waals surface area contributed by atoms with E-state index in [1.807, 2.05) is 0 Å². The van der Waals surface area contributed by atoms with Crippen molar-refractivity contribution < 1.29 is 14.0 Å². The van der Waals surface area contributed by atoms with Crippen molar-refractivity contribution in [3.63, 3.8) is 0 Å². The Labute approximate surface area is 158 Å². The van der Waals surface area contributed by atoms with Crippen LogP contribution in [0.4, 0.5) is 10.1 Å². The molecule has 140 valence electrons. The molecule has 1 N–H and O–H groups in total. The molecule has 0 aliphatic rings. The molecule has 0 aliphatic heterocycles. The molecule has 0 unspecified atom stereocenters. The fraction of sp³-hybridized carbons (Fsp3) is 0.222. The zero-order chi connectivity index (χ0) is 19.4. The molecule has 2 amide bonds. The number of rotatable bonds is 6. The highest BCUT2D eigenvalue weighted by Crippen LogP contribution is 2.13. The summed E-state index contributed by atoms with van der Waals surface area (Å²) in [6, 6.07) is 7.21. The van der Waals surface area contributed by atoms with E-state index in [0.717, 1.165) is 0 Å². The summed E-state index contributed by atoms with van der Waals surface area (Å²) < 4.78 is 14.5. The molecule has 0 bridgehead atoms. The molecule has 0 spiro atoms. The number of nitrogens with zero attached hydrogens (tertiary/aromatic N) is 3. The Bertz CT molecular complexity index is 1050. The quantitative estimate of drug-likeness (QED) is 0.701. The van der Waals surface area contributed by atoms with Crippen LogP contribution in [0.5, 0.6) is 0 Å². The smallest absolute Gasteiger partial charge is 0.262 e. The highest BCUT2D eigenvalue weighted by atomic mass is 32.1. The minimum Gasteiger partial charge on any atom is -0.336 e. The predicted molar refractivity (Wildman–Crippen MR) is 101 cm³/mol. The number of hydrogen-bond donors (Lipinski definition) is 1. The Morgan fingerprint density at radius 3 is 2.93 bits per heavy atom. The fourth-order valence-corrected chi connectivity index (χ4v) is 3.25. The van der Waals surface area contributed by atoms with Gasteiger partial charge in [0.2, 0.25) is 11.8 Å². The van der Waals surface area contributed by atoms with Crippen LogP contribution in [-0.2, 0) is 16.1 Å². The van der Waals surface area contributed by atoms with Gasteiger partial charge in [-0.15, -0.1) is 11.3 Å². The highest BCUT2D eigenvalue weighted by Gasteiger charge is 2.14. The summed E-state index contributed by atoms with van der Waals surface area (Å²) in [6.45, 7) is -0.00162. The van der Waals surface area contributed by atoms with Crippen molar-refractivity contribution in [3.05, 3.63) is 58.2 Å². The lowest BCUT2D eigenvalue weighted by Gasteiger charge is -2.17. The number of nitrogens with one attached hydrogen (secondary N) is 1. The Balaban J connectivity index is 1.54. The van der Waals surface area contributed by atoms with Gasteiger partial charge in [-0.25, -0.2) is 9.37 Å². The molecule has 0 aliphatic carbocycles. The molecule has 0 saturated heterocycles. The van der Waals surface area contributed by atoms with Crippen LogP contribution >= 0.6 is 11.3 Å². The first-order valence-corrected chi connectivity index (χ1v) is 9.04. The van der Waals surface area contributed by atoms with Gasteiger partial charge >= 0.3 is 0 Å². The molecule has 3 rings (SSSR count). The average molecular weight is 388 g/mol. The van der Waals surface area contributed by atoms with Gasteiger partial charge in [-0.2, -0.15) is 0 Å². The number of aryl methyl sites for hydroxylation is 1. The summed E-state index contributed by atoms with van der Waals surface area (Å²) in [5.41, 5.74) is 0.128. The molecule has 9 heteroatoms. The minimum absolute atomic E-state index is 0.0565. The van der Waals surface area contributed by atoms with Crippen molar-refractivity contribution in [3.8, 4) is 0 Å². The molecule has 1 aromatic carbocycles. The van der Waals surface area contributed by atoms with Crippen LogP contribution in [-0.4, -0.2) is 39.9 Å². The molecule has 2 aromatic heterocycles. The number of anilines is 1. The number of benzene rings is 1. The predicted octanol–water partition coefficient (Wildman–Crippen LogP) is 2.08. The Kier molecular flexibility index (Phi) is 5.60. The minimum atomic E-state index is -0.459. The van der Waals surface area contributed by atoms with Gasteiger partial charge in [0.15, 0.2) is 0 Å². The number of hydrogen-bond acceptors (Lipinski definition) is 5. The number of halogens is 1. The summed E-state index contributed by atoms with van der Waals surface area (Å²) in [4.78, 5) is 42.6. The number of amides is 2. The molecule has 27 heavy (non-hydrogen) atoms. The number of carbonyl (C=O) groups is 2. The lowest BCUT2D eigenvalue weighted by Crippen LogP contribution is -2.35. The molecule has 0 saturated carbocycles. The van der Waals surface area contributed by atoms with Crippen molar-refractivity contribution in [2.75, 3.05) is 18.9 Å². The maximum Gasteiger partial charge on any atom is 0.262 e. The normalized spacial score (nSPS) is 10.7. The molecule has 0 atom stereocenters. The van der Waals surface area contributed by atoms with Crippen LogP contribution < -0.4 is 10.9 Å². The summed E-state index contributed by atoms with van der Waals surface area (Å²) in [5, 5.41) is 4.85. The largest absolute Gasteiger partial charge is 0.336 e. The van der Waals surface area contributed by atoms with E-state index < -0.39 is 11.7 Å². The van der Waals surface area contributed by atoms with Crippen molar-refractivity contribution in [1.82, 2.24) is 14.5 Å². The number of aromatic nitrogens is 2. The zero-order valence-electron chi connectivity index (χ0n) is 14.5. The first-order chi connectivity index (χ1) is 12.9. The number of likely N-dealkylation sites (N-methyl/N-ethyl adjacent to an activating group) is 1. The maximum atomic E-state index is 13.1. The van der Waals surface area contributed by atoms with E-state index in [4.69, 9.17) is 0 Å². The second kappa shape index (κ2) is 8.09. The molecule has 3 aromatic rings. The third-order valence-corrected chi connectivity index (χ3v) is 4.75. The van der Waals surface area contributed by atoms with E-state index in [1.54, 1.807) is 17.5 Å². The SMILES string of the molecule is CN(CC(=O)Nc1cccc(F)c1)C(=O)CCn1cnc2sccc2c1=O. The van der Waals surface area contributed by atoms with Crippen LogP contribution in [0.15, 0.2) is 46.8 Å². The van der Waals surface area contributed by atoms with Crippen LogP contribution in [0.3, 0.4) is 0 Å². The van der Waals surface area contributed by atoms with E-state index in [0.29, 0.717) is 15.9 Å². The Morgan fingerprint density at radius 2 is 2.15 bits per heavy atom. The highest BCUT2D eigenvalue weighted by molar-refractivity contribution is 7.16. The second-order valence-electron chi connectivity index (χ2n) is 5.94. The van der Waals surface area contributed by atoms with Crippen LogP contribution in [0.1, 0.15) is 6.42 Å². The third kappa shape index (κ3) is 4.56. The molecule has 2 heterocycles. The van der Waals surface area contributed by atoms with Crippen LogP contribution in [0.2, 0.25) is 0 Å². The topological polar surface area (TPSA) is 84.3 Å². The first kappa shape index (κ1) is 18.7. The van der Waals surface area contributed by atoms with E-state index >= 15 is 0 Å². The summed E-state index contributed by atoms with van der Waals surface area (Å²) in [7, 11) is 1.50. The zero-order valence-corrected chi connectivity index (χ0v) is 15.3. The van der Waals surface area contributed by atoms with E-state index in [1.165, 1.54) is 52.4 Å². The lowest BCUT2D eigenvalue weighted by molar-refractivity contribution is -0.133. The fourth-order valence-electron chi connectivity index (χ4n) is 2.53. The monoisotopic (exact) mass is 388 g/mol. The summed E-state index contributed by atoms with van der Waals surface area (Å²) in [6.07, 6.45) is 1.48. The third-order valence-electron chi connectivity index (χ3n) is 3.93. The Hall–Kier alpha value is -3.07. The van der Waals surface area contributed by atoms with E-state index in [9.17, 15) is 18.8 Å². The van der Waals surface area contributed by atoms with E-state index in [2.05, 4.69) is 10.3 Å². The number of thiophene rings is 1. The first-order valence-electron chi connectivity index (χ1n) is 8.16. The number of carbonyl (C=O) groups excluding carboxylic acids is 2. The van der Waals surface area contributed by atoms with Crippen LogP contribution in [0.25, 0.3) is 10.2 Å². The van der Waals surface area contributed by atoms with Gasteiger partial charge in [0.1, 0.15) is 10.6 Å². The van der Waals surface area contributed by atoms with Crippen molar-refractivity contribution >= 4 is 39.1 Å². The van der Waals surface area contributed by atoms with Gasteiger partial charge in [0.05, 0.1) is 18.3 Å². The van der Waals surface area contributed by atoms with Crippen LogP contribution in [0, 0.1) is 5.82 Å². The van der Waals surface area contributed by atoms with Crippen molar-refractivity contribution in [2.24, 2.45) is 0 Å². The van der Waals surface area contributed by atoms with Gasteiger partial charge in [0, 0.05) is 25.7 Å². The van der Waals surface area contributed by atoms with E-state index in [-0.39, 0.29) is 31.0 Å². The molecular weight excluding hydrogens is 371 g/mol. The summed E-state index contributed by atoms with van der Waals surface area (Å²) in [5.74, 6) is -1.18. The summed E-state index contributed by atoms with van der Waals surface area (Å²) >= 11 is 1.38. The van der Waals surface area contributed by atoms with Crippen molar-refractivity contribution in [1.29, 1.82) is 0 Å². The van der Waals surface area contributed by atoms with Gasteiger partial charge in [0.25, 0.3) is 5.56 Å². The molecular formula is C18H17FN4O3S. The lowest BCUT2D eigenvalue weighted by atomic mass is 10.3. The van der Waals surface area contributed by atoms with Gasteiger partial charge < -0.3 is 10.2 Å². The van der Waals surface area contributed by atoms with Gasteiger partial charge in [-0.1, -0.05) is 6.07 Å². The second-order valence-corrected chi connectivity index (χ2v) is 6.84. The molecule has 0 radical (unpaired) electrons. The molecule has 7 nitrogen and oxygen atoms in total.